The van der Waals surface area contributed by atoms with Crippen molar-refractivity contribution in [2.24, 2.45) is 0 Å². The van der Waals surface area contributed by atoms with Crippen molar-refractivity contribution in [3.63, 3.8) is 0 Å². The zero-order valence-electron chi connectivity index (χ0n) is 19.8. The number of hydrogen-bond acceptors (Lipinski definition) is 3. The number of nitrogens with one attached hydrogen (secondary N) is 1. The van der Waals surface area contributed by atoms with E-state index in [9.17, 15) is 9.59 Å². The number of likely N-dealkylation sites (tertiary alicyclic amines) is 1. The summed E-state index contributed by atoms with van der Waals surface area (Å²) in [5.41, 5.74) is 0.733. The van der Waals surface area contributed by atoms with Crippen molar-refractivity contribution in [1.29, 1.82) is 0 Å². The number of carbonyl (C=O) groups is 2. The molecule has 2 aromatic carbocycles. The SMILES string of the molecule is CN1CCC(N(C)C(=O)[C@H](Cc2ccc(Cl)cc2Cl)NC(=O)C2(c3ccc(Cl)cc3Cl)CC2)CC1. The van der Waals surface area contributed by atoms with Gasteiger partial charge in [-0.1, -0.05) is 58.5 Å². The molecule has 0 bridgehead atoms. The summed E-state index contributed by atoms with van der Waals surface area (Å²) >= 11 is 25.0. The van der Waals surface area contributed by atoms with Gasteiger partial charge in [-0.15, -0.1) is 0 Å². The van der Waals surface area contributed by atoms with Crippen LogP contribution in [0.3, 0.4) is 0 Å². The molecule has 0 radical (unpaired) electrons. The zero-order chi connectivity index (χ0) is 25.3. The summed E-state index contributed by atoms with van der Waals surface area (Å²) in [4.78, 5) is 31.4. The van der Waals surface area contributed by atoms with E-state index in [1.54, 1.807) is 41.3 Å². The molecule has 0 spiro atoms. The first-order chi connectivity index (χ1) is 16.6. The lowest BCUT2D eigenvalue weighted by atomic mass is 9.93. The van der Waals surface area contributed by atoms with Crippen molar-refractivity contribution < 1.29 is 9.59 Å². The van der Waals surface area contributed by atoms with Crippen LogP contribution in [0.4, 0.5) is 0 Å². The van der Waals surface area contributed by atoms with Crippen molar-refractivity contribution in [2.45, 2.75) is 49.6 Å². The number of hydrogen-bond donors (Lipinski definition) is 1. The average Bonchev–Trinajstić information content (AvgIpc) is 3.61. The third-order valence-corrected chi connectivity index (χ3v) is 8.39. The van der Waals surface area contributed by atoms with Crippen LogP contribution in [0.2, 0.25) is 20.1 Å². The summed E-state index contributed by atoms with van der Waals surface area (Å²) in [6.45, 7) is 1.86. The Kier molecular flexibility index (Phi) is 8.24. The van der Waals surface area contributed by atoms with E-state index >= 15 is 0 Å². The Labute approximate surface area is 226 Å². The van der Waals surface area contributed by atoms with Crippen LogP contribution in [0, 0.1) is 0 Å². The van der Waals surface area contributed by atoms with E-state index < -0.39 is 11.5 Å². The molecule has 4 rings (SSSR count). The molecular formula is C26H29Cl4N3O2. The highest BCUT2D eigenvalue weighted by Crippen LogP contribution is 2.51. The van der Waals surface area contributed by atoms with Crippen LogP contribution >= 0.6 is 46.4 Å². The second kappa shape index (κ2) is 10.9. The van der Waals surface area contributed by atoms with Crippen LogP contribution in [0.5, 0.6) is 0 Å². The van der Waals surface area contributed by atoms with Crippen LogP contribution in [-0.4, -0.2) is 60.9 Å². The van der Waals surface area contributed by atoms with Crippen molar-refractivity contribution in [1.82, 2.24) is 15.1 Å². The number of amides is 2. The number of nitrogens with zero attached hydrogens (tertiary/aromatic N) is 2. The molecule has 188 valence electrons. The Hall–Kier alpha value is -1.50. The van der Waals surface area contributed by atoms with Gasteiger partial charge in [0.15, 0.2) is 0 Å². The van der Waals surface area contributed by atoms with Gasteiger partial charge in [-0.3, -0.25) is 9.59 Å². The Morgan fingerprint density at radius 3 is 2.20 bits per heavy atom. The standard InChI is InChI=1S/C26H29Cl4N3O2/c1-32-11-7-19(8-12-32)33(2)24(34)23(13-16-3-4-17(27)14-21(16)29)31-25(35)26(9-10-26)20-6-5-18(28)15-22(20)30/h3-6,14-15,19,23H,7-13H2,1-2H3,(H,31,35)/t23-/m0/s1. The molecule has 1 aliphatic heterocycles. The highest BCUT2D eigenvalue weighted by Gasteiger charge is 2.53. The highest BCUT2D eigenvalue weighted by molar-refractivity contribution is 6.35. The van der Waals surface area contributed by atoms with Gasteiger partial charge in [0.05, 0.1) is 5.41 Å². The lowest BCUT2D eigenvalue weighted by Crippen LogP contribution is -2.54. The van der Waals surface area contributed by atoms with Gasteiger partial charge in [0, 0.05) is 39.6 Å². The number of piperidine rings is 1. The van der Waals surface area contributed by atoms with E-state index in [4.69, 9.17) is 46.4 Å². The van der Waals surface area contributed by atoms with Gasteiger partial charge < -0.3 is 15.1 Å². The summed E-state index contributed by atoms with van der Waals surface area (Å²) < 4.78 is 0. The van der Waals surface area contributed by atoms with Crippen LogP contribution in [-0.2, 0) is 21.4 Å². The van der Waals surface area contributed by atoms with E-state index in [1.807, 2.05) is 7.05 Å². The second-order valence-corrected chi connectivity index (χ2v) is 11.3. The Morgan fingerprint density at radius 2 is 1.63 bits per heavy atom. The van der Waals surface area contributed by atoms with Crippen LogP contribution in [0.15, 0.2) is 36.4 Å². The van der Waals surface area contributed by atoms with Gasteiger partial charge in [0.1, 0.15) is 6.04 Å². The molecule has 0 unspecified atom stereocenters. The van der Waals surface area contributed by atoms with Crippen LogP contribution < -0.4 is 5.32 Å². The Bertz CT molecular complexity index is 1110. The topological polar surface area (TPSA) is 52.6 Å². The third kappa shape index (κ3) is 5.91. The fourth-order valence-electron chi connectivity index (χ4n) is 4.83. The molecule has 2 fully saturated rings. The number of rotatable bonds is 7. The number of carbonyl (C=O) groups excluding carboxylic acids is 2. The zero-order valence-corrected chi connectivity index (χ0v) is 22.8. The van der Waals surface area contributed by atoms with Gasteiger partial charge in [-0.2, -0.15) is 0 Å². The molecular weight excluding hydrogens is 528 g/mol. The molecule has 2 amide bonds. The fourth-order valence-corrected chi connectivity index (χ4v) is 5.91. The molecule has 0 aromatic heterocycles. The quantitative estimate of drug-likeness (QED) is 0.482. The maximum Gasteiger partial charge on any atom is 0.245 e. The molecule has 2 aliphatic rings. The molecule has 9 heteroatoms. The van der Waals surface area contributed by atoms with Crippen molar-refractivity contribution >= 4 is 58.2 Å². The molecule has 1 saturated heterocycles. The van der Waals surface area contributed by atoms with Gasteiger partial charge in [-0.25, -0.2) is 0 Å². The van der Waals surface area contributed by atoms with Crippen LogP contribution in [0.1, 0.15) is 36.8 Å². The first kappa shape index (κ1) is 26.6. The minimum Gasteiger partial charge on any atom is -0.343 e. The highest BCUT2D eigenvalue weighted by atomic mass is 35.5. The maximum atomic E-state index is 13.7. The van der Waals surface area contributed by atoms with E-state index in [0.717, 1.165) is 37.1 Å². The van der Waals surface area contributed by atoms with E-state index in [0.29, 0.717) is 32.9 Å². The minimum atomic E-state index is -0.769. The Morgan fingerprint density at radius 1 is 1.03 bits per heavy atom. The lowest BCUT2D eigenvalue weighted by Gasteiger charge is -2.37. The normalized spacial score (nSPS) is 18.7. The monoisotopic (exact) mass is 555 g/mol. The molecule has 1 atom stereocenters. The molecule has 2 aromatic rings. The average molecular weight is 557 g/mol. The summed E-state index contributed by atoms with van der Waals surface area (Å²) in [5, 5.41) is 5.01. The lowest BCUT2D eigenvalue weighted by molar-refractivity contribution is -0.138. The number of likely N-dealkylation sites (N-methyl/N-ethyl adjacent to an activating group) is 1. The first-order valence-corrected chi connectivity index (χ1v) is 13.3. The van der Waals surface area contributed by atoms with Crippen LogP contribution in [0.25, 0.3) is 0 Å². The van der Waals surface area contributed by atoms with Gasteiger partial charge >= 0.3 is 0 Å². The summed E-state index contributed by atoms with van der Waals surface area (Å²) in [5.74, 6) is -0.334. The predicted octanol–water partition coefficient (Wildman–Crippen LogP) is 5.61. The smallest absolute Gasteiger partial charge is 0.245 e. The van der Waals surface area contributed by atoms with E-state index in [1.165, 1.54) is 0 Å². The van der Waals surface area contributed by atoms with E-state index in [-0.39, 0.29) is 24.3 Å². The summed E-state index contributed by atoms with van der Waals surface area (Å²) in [6.07, 6.45) is 3.38. The molecule has 35 heavy (non-hydrogen) atoms. The van der Waals surface area contributed by atoms with Gasteiger partial charge in [0.2, 0.25) is 11.8 Å². The molecule has 5 nitrogen and oxygen atoms in total. The second-order valence-electron chi connectivity index (χ2n) is 9.66. The molecule has 1 saturated carbocycles. The first-order valence-electron chi connectivity index (χ1n) is 11.8. The van der Waals surface area contributed by atoms with Gasteiger partial charge in [-0.05, 0) is 81.2 Å². The minimum absolute atomic E-state index is 0.124. The number of halogens is 4. The Balaban J connectivity index is 1.58. The van der Waals surface area contributed by atoms with E-state index in [2.05, 4.69) is 17.3 Å². The van der Waals surface area contributed by atoms with Crippen molar-refractivity contribution in [2.75, 3.05) is 27.2 Å². The van der Waals surface area contributed by atoms with Gasteiger partial charge in [0.25, 0.3) is 0 Å². The molecule has 1 N–H and O–H groups in total. The summed E-state index contributed by atoms with van der Waals surface area (Å²) in [7, 11) is 3.91. The third-order valence-electron chi connectivity index (χ3n) is 7.26. The maximum absolute atomic E-state index is 13.7. The molecule has 1 aliphatic carbocycles. The summed E-state index contributed by atoms with van der Waals surface area (Å²) in [6, 6.07) is 9.73. The predicted molar refractivity (Wildman–Crippen MR) is 143 cm³/mol. The largest absolute Gasteiger partial charge is 0.343 e. The molecule has 1 heterocycles. The van der Waals surface area contributed by atoms with Crippen molar-refractivity contribution in [3.05, 3.63) is 67.6 Å². The van der Waals surface area contributed by atoms with Crippen molar-refractivity contribution in [3.8, 4) is 0 Å². The fraction of sp³-hybridized carbons (Fsp3) is 0.462. The number of benzene rings is 2.